The second kappa shape index (κ2) is 7.14. The van der Waals surface area contributed by atoms with Crippen LogP contribution >= 0.6 is 11.3 Å². The number of benzene rings is 1. The van der Waals surface area contributed by atoms with Crippen molar-refractivity contribution in [1.29, 1.82) is 0 Å². The van der Waals surface area contributed by atoms with E-state index in [4.69, 9.17) is 15.2 Å². The van der Waals surface area contributed by atoms with Gasteiger partial charge in [0.25, 0.3) is 0 Å². The normalized spacial score (nSPS) is 19.9. The predicted molar refractivity (Wildman–Crippen MR) is 100 cm³/mol. The number of fused-ring (bicyclic) bond motifs is 1. The lowest BCUT2D eigenvalue weighted by atomic mass is 10.1. The van der Waals surface area contributed by atoms with Gasteiger partial charge in [-0.15, -0.1) is 0 Å². The highest BCUT2D eigenvalue weighted by molar-refractivity contribution is 7.22. The van der Waals surface area contributed by atoms with E-state index in [1.54, 1.807) is 19.5 Å². The molecule has 1 aromatic carbocycles. The summed E-state index contributed by atoms with van der Waals surface area (Å²) in [6.45, 7) is 0.295. The molecule has 0 saturated heterocycles. The van der Waals surface area contributed by atoms with Gasteiger partial charge in [-0.1, -0.05) is 11.3 Å². The van der Waals surface area contributed by atoms with Gasteiger partial charge in [-0.25, -0.2) is 15.0 Å². The van der Waals surface area contributed by atoms with Gasteiger partial charge in [0, 0.05) is 23.5 Å². The Labute approximate surface area is 154 Å². The third kappa shape index (κ3) is 3.23. The second-order valence-electron chi connectivity index (χ2n) is 6.28. The molecule has 2 aromatic heterocycles. The van der Waals surface area contributed by atoms with Gasteiger partial charge in [0.1, 0.15) is 12.4 Å². The number of nitrogens with zero attached hydrogens (tertiary/aromatic N) is 3. The Morgan fingerprint density at radius 1 is 1.27 bits per heavy atom. The van der Waals surface area contributed by atoms with Crippen LogP contribution in [0.15, 0.2) is 24.5 Å². The van der Waals surface area contributed by atoms with E-state index in [1.165, 1.54) is 11.3 Å². The number of thiazole rings is 1. The lowest BCUT2D eigenvalue weighted by Crippen LogP contribution is -2.22. The number of aliphatic hydroxyl groups is 1. The summed E-state index contributed by atoms with van der Waals surface area (Å²) < 4.78 is 12.2. The van der Waals surface area contributed by atoms with Crippen LogP contribution in [0.1, 0.15) is 25.1 Å². The molecule has 1 saturated carbocycles. The molecule has 8 heteroatoms. The Hall–Kier alpha value is -2.29. The maximum Gasteiger partial charge on any atom is 0.181 e. The van der Waals surface area contributed by atoms with Crippen LogP contribution in [0.4, 0.5) is 5.13 Å². The number of anilines is 1. The summed E-state index contributed by atoms with van der Waals surface area (Å²) >= 11 is 1.39. The third-order valence-corrected chi connectivity index (χ3v) is 5.49. The van der Waals surface area contributed by atoms with E-state index in [0.29, 0.717) is 17.6 Å². The Bertz CT molecular complexity index is 913. The monoisotopic (exact) mass is 372 g/mol. The first-order chi connectivity index (χ1) is 12.7. The van der Waals surface area contributed by atoms with Crippen molar-refractivity contribution in [3.8, 4) is 16.9 Å². The van der Waals surface area contributed by atoms with Gasteiger partial charge in [0.2, 0.25) is 0 Å². The molecule has 26 heavy (non-hydrogen) atoms. The van der Waals surface area contributed by atoms with Crippen LogP contribution in [-0.4, -0.2) is 39.4 Å². The highest BCUT2D eigenvalue weighted by Crippen LogP contribution is 2.39. The number of hydrogen-bond donors (Lipinski definition) is 2. The third-order valence-electron chi connectivity index (χ3n) is 4.59. The van der Waals surface area contributed by atoms with E-state index in [9.17, 15) is 5.11 Å². The summed E-state index contributed by atoms with van der Waals surface area (Å²) in [7, 11) is 1.63. The summed E-state index contributed by atoms with van der Waals surface area (Å²) in [6, 6.07) is 3.85. The Balaban J connectivity index is 1.55. The molecule has 0 spiro atoms. The van der Waals surface area contributed by atoms with Gasteiger partial charge in [-0.2, -0.15) is 0 Å². The molecule has 1 fully saturated rings. The minimum Gasteiger partial charge on any atom is -0.495 e. The quantitative estimate of drug-likeness (QED) is 0.710. The molecule has 136 valence electrons. The molecule has 2 atom stereocenters. The van der Waals surface area contributed by atoms with E-state index < -0.39 is 0 Å². The Morgan fingerprint density at radius 2 is 2.08 bits per heavy atom. The summed E-state index contributed by atoms with van der Waals surface area (Å²) in [5.74, 6) is 1.31. The van der Waals surface area contributed by atoms with Crippen LogP contribution < -0.4 is 10.5 Å². The van der Waals surface area contributed by atoms with E-state index >= 15 is 0 Å². The first-order valence-corrected chi connectivity index (χ1v) is 9.31. The van der Waals surface area contributed by atoms with Crippen molar-refractivity contribution in [2.45, 2.75) is 38.1 Å². The largest absolute Gasteiger partial charge is 0.495 e. The highest BCUT2D eigenvalue weighted by atomic mass is 32.1. The van der Waals surface area contributed by atoms with Gasteiger partial charge < -0.3 is 20.3 Å². The molecule has 3 aromatic rings. The molecule has 4 rings (SSSR count). The standard InChI is InChI=1S/C18H20N4O3S/c1-24-16-11(5-6-12-17(16)26-18(19)22-12)10-7-20-15(21-8-10)9-25-14-4-2-3-13(14)23/h5-8,13-14,23H,2-4,9H2,1H3,(H2,19,22)/t13-,14?/m0/s1. The fraction of sp³-hybridized carbons (Fsp3) is 0.389. The molecular weight excluding hydrogens is 352 g/mol. The van der Waals surface area contributed by atoms with E-state index in [0.717, 1.165) is 46.4 Å². The number of aromatic nitrogens is 3. The molecule has 0 bridgehead atoms. The maximum atomic E-state index is 9.81. The van der Waals surface area contributed by atoms with Crippen molar-refractivity contribution >= 4 is 26.7 Å². The number of aliphatic hydroxyl groups excluding tert-OH is 1. The zero-order valence-corrected chi connectivity index (χ0v) is 15.2. The van der Waals surface area contributed by atoms with Crippen molar-refractivity contribution in [2.24, 2.45) is 0 Å². The van der Waals surface area contributed by atoms with Crippen LogP contribution in [0.5, 0.6) is 5.75 Å². The van der Waals surface area contributed by atoms with E-state index in [1.807, 2.05) is 12.1 Å². The van der Waals surface area contributed by atoms with E-state index in [2.05, 4.69) is 15.0 Å². The molecule has 3 N–H and O–H groups in total. The summed E-state index contributed by atoms with van der Waals surface area (Å²) in [4.78, 5) is 13.1. The lowest BCUT2D eigenvalue weighted by molar-refractivity contribution is -0.0295. The van der Waals surface area contributed by atoms with Crippen molar-refractivity contribution in [3.05, 3.63) is 30.4 Å². The number of nitrogen functional groups attached to an aromatic ring is 1. The second-order valence-corrected chi connectivity index (χ2v) is 7.31. The summed E-state index contributed by atoms with van der Waals surface area (Å²) in [5.41, 5.74) is 8.37. The maximum absolute atomic E-state index is 9.81. The number of rotatable bonds is 5. The topological polar surface area (TPSA) is 103 Å². The molecule has 0 aliphatic heterocycles. The van der Waals surface area contributed by atoms with Crippen LogP contribution in [0.3, 0.4) is 0 Å². The molecule has 1 aliphatic rings. The number of hydrogen-bond acceptors (Lipinski definition) is 8. The van der Waals surface area contributed by atoms with Crippen molar-refractivity contribution < 1.29 is 14.6 Å². The van der Waals surface area contributed by atoms with Crippen molar-refractivity contribution in [3.63, 3.8) is 0 Å². The first-order valence-electron chi connectivity index (χ1n) is 8.49. The van der Waals surface area contributed by atoms with Crippen LogP contribution in [-0.2, 0) is 11.3 Å². The fourth-order valence-corrected chi connectivity index (χ4v) is 4.12. The van der Waals surface area contributed by atoms with Crippen LogP contribution in [0.2, 0.25) is 0 Å². The minimum atomic E-state index is -0.378. The van der Waals surface area contributed by atoms with E-state index in [-0.39, 0.29) is 12.2 Å². The number of methoxy groups -OCH3 is 1. The fourth-order valence-electron chi connectivity index (χ4n) is 3.27. The van der Waals surface area contributed by atoms with Gasteiger partial charge in [-0.3, -0.25) is 0 Å². The molecule has 2 heterocycles. The molecule has 0 amide bonds. The summed E-state index contributed by atoms with van der Waals surface area (Å²) in [5, 5.41) is 10.3. The minimum absolute atomic E-state index is 0.113. The molecule has 1 unspecified atom stereocenters. The molecule has 1 aliphatic carbocycles. The smallest absolute Gasteiger partial charge is 0.181 e. The van der Waals surface area contributed by atoms with Crippen molar-refractivity contribution in [2.75, 3.05) is 12.8 Å². The van der Waals surface area contributed by atoms with Crippen LogP contribution in [0.25, 0.3) is 21.3 Å². The van der Waals surface area contributed by atoms with Gasteiger partial charge in [0.15, 0.2) is 11.0 Å². The van der Waals surface area contributed by atoms with Crippen LogP contribution in [0, 0.1) is 0 Å². The number of nitrogens with two attached hydrogens (primary N) is 1. The zero-order chi connectivity index (χ0) is 18.1. The lowest BCUT2D eigenvalue weighted by Gasteiger charge is -2.15. The predicted octanol–water partition coefficient (Wildman–Crippen LogP) is 2.77. The Kier molecular flexibility index (Phi) is 4.71. The highest BCUT2D eigenvalue weighted by Gasteiger charge is 2.26. The molecule has 7 nitrogen and oxygen atoms in total. The zero-order valence-electron chi connectivity index (χ0n) is 14.4. The SMILES string of the molecule is COc1c(-c2cnc(COC3CCC[C@@H]3O)nc2)ccc2nc(N)sc12. The average molecular weight is 372 g/mol. The van der Waals surface area contributed by atoms with Gasteiger partial charge >= 0.3 is 0 Å². The summed E-state index contributed by atoms with van der Waals surface area (Å²) in [6.07, 6.45) is 5.70. The average Bonchev–Trinajstić information content (AvgIpc) is 3.23. The first kappa shape index (κ1) is 17.1. The molecule has 0 radical (unpaired) electrons. The molecular formula is C18H20N4O3S. The number of ether oxygens (including phenoxy) is 2. The van der Waals surface area contributed by atoms with Gasteiger partial charge in [0.05, 0.1) is 29.5 Å². The van der Waals surface area contributed by atoms with Crippen molar-refractivity contribution in [1.82, 2.24) is 15.0 Å². The van der Waals surface area contributed by atoms with Gasteiger partial charge in [-0.05, 0) is 31.4 Å². The Morgan fingerprint density at radius 3 is 2.77 bits per heavy atom.